The van der Waals surface area contributed by atoms with E-state index in [-0.39, 0.29) is 5.92 Å². The predicted molar refractivity (Wildman–Crippen MR) is 73.2 cm³/mol. The molecular formula is C16H24O. The first kappa shape index (κ1) is 14.0. The number of benzene rings is 1. The van der Waals surface area contributed by atoms with E-state index < -0.39 is 0 Å². The second kappa shape index (κ2) is 7.26. The fraction of sp³-hybridized carbons (Fsp3) is 0.562. The van der Waals surface area contributed by atoms with Crippen molar-refractivity contribution in [3.63, 3.8) is 0 Å². The zero-order chi connectivity index (χ0) is 12.7. The van der Waals surface area contributed by atoms with Gasteiger partial charge in [0.1, 0.15) is 5.78 Å². The van der Waals surface area contributed by atoms with Crippen LogP contribution in [0.4, 0.5) is 0 Å². The first-order valence-corrected chi connectivity index (χ1v) is 6.75. The minimum Gasteiger partial charge on any atom is -0.299 e. The number of hydrogen-bond donors (Lipinski definition) is 0. The maximum absolute atomic E-state index is 12.2. The summed E-state index contributed by atoms with van der Waals surface area (Å²) in [6.07, 6.45) is 4.89. The lowest BCUT2D eigenvalue weighted by atomic mass is 9.90. The normalized spacial score (nSPS) is 10.8. The van der Waals surface area contributed by atoms with E-state index in [0.717, 1.165) is 31.2 Å². The molecule has 94 valence electrons. The van der Waals surface area contributed by atoms with E-state index in [4.69, 9.17) is 0 Å². The lowest BCUT2D eigenvalue weighted by Gasteiger charge is -2.13. The molecule has 0 saturated heterocycles. The van der Waals surface area contributed by atoms with Gasteiger partial charge in [-0.15, -0.1) is 0 Å². The first-order valence-electron chi connectivity index (χ1n) is 6.75. The highest BCUT2D eigenvalue weighted by Crippen LogP contribution is 2.17. The molecule has 17 heavy (non-hydrogen) atoms. The zero-order valence-electron chi connectivity index (χ0n) is 11.3. The molecule has 0 bridgehead atoms. The van der Waals surface area contributed by atoms with Crippen LogP contribution in [0.2, 0.25) is 0 Å². The van der Waals surface area contributed by atoms with E-state index in [1.165, 1.54) is 5.56 Å². The third-order valence-corrected chi connectivity index (χ3v) is 3.23. The Hall–Kier alpha value is -1.11. The van der Waals surface area contributed by atoms with Gasteiger partial charge in [0.05, 0.1) is 0 Å². The monoisotopic (exact) mass is 232 g/mol. The summed E-state index contributed by atoms with van der Waals surface area (Å²) < 4.78 is 0. The van der Waals surface area contributed by atoms with E-state index >= 15 is 0 Å². The van der Waals surface area contributed by atoms with Gasteiger partial charge in [-0.05, 0) is 25.3 Å². The number of carbonyl (C=O) groups excluding carboxylic acids is 1. The van der Waals surface area contributed by atoms with Crippen molar-refractivity contribution in [2.24, 2.45) is 5.92 Å². The average Bonchev–Trinajstić information content (AvgIpc) is 2.32. The summed E-state index contributed by atoms with van der Waals surface area (Å²) in [6, 6.07) is 8.30. The average molecular weight is 232 g/mol. The lowest BCUT2D eigenvalue weighted by molar-refractivity contribution is -0.122. The number of carbonyl (C=O) groups is 1. The molecule has 0 heterocycles. The van der Waals surface area contributed by atoms with Gasteiger partial charge in [0.25, 0.3) is 0 Å². The third-order valence-electron chi connectivity index (χ3n) is 3.23. The van der Waals surface area contributed by atoms with Crippen molar-refractivity contribution in [2.75, 3.05) is 0 Å². The topological polar surface area (TPSA) is 17.1 Å². The fourth-order valence-electron chi connectivity index (χ4n) is 2.21. The predicted octanol–water partition coefficient (Wildman–Crippen LogP) is 4.32. The van der Waals surface area contributed by atoms with Gasteiger partial charge in [0.15, 0.2) is 0 Å². The zero-order valence-corrected chi connectivity index (χ0v) is 11.3. The highest BCUT2D eigenvalue weighted by atomic mass is 16.1. The Morgan fingerprint density at radius 1 is 1.06 bits per heavy atom. The van der Waals surface area contributed by atoms with Crippen LogP contribution in [-0.2, 0) is 11.2 Å². The van der Waals surface area contributed by atoms with Crippen LogP contribution < -0.4 is 0 Å². The van der Waals surface area contributed by atoms with Gasteiger partial charge in [-0.25, -0.2) is 0 Å². The van der Waals surface area contributed by atoms with Crippen molar-refractivity contribution < 1.29 is 4.79 Å². The van der Waals surface area contributed by atoms with Gasteiger partial charge in [-0.1, -0.05) is 56.5 Å². The SMILES string of the molecule is CCCC(CCC)C(=O)Cc1ccc(C)cc1. The van der Waals surface area contributed by atoms with Gasteiger partial charge < -0.3 is 0 Å². The summed E-state index contributed by atoms with van der Waals surface area (Å²) in [5, 5.41) is 0. The molecule has 0 aliphatic heterocycles. The van der Waals surface area contributed by atoms with E-state index in [1.807, 2.05) is 0 Å². The molecule has 0 spiro atoms. The Morgan fingerprint density at radius 3 is 2.06 bits per heavy atom. The molecule has 0 radical (unpaired) electrons. The molecule has 0 amide bonds. The van der Waals surface area contributed by atoms with Gasteiger partial charge >= 0.3 is 0 Å². The Balaban J connectivity index is 2.59. The van der Waals surface area contributed by atoms with Crippen LogP contribution in [0.3, 0.4) is 0 Å². The molecule has 0 atom stereocenters. The summed E-state index contributed by atoms with van der Waals surface area (Å²) in [6.45, 7) is 6.38. The largest absolute Gasteiger partial charge is 0.299 e. The van der Waals surface area contributed by atoms with Crippen LogP contribution in [-0.4, -0.2) is 5.78 Å². The first-order chi connectivity index (χ1) is 8.17. The molecule has 0 N–H and O–H groups in total. The van der Waals surface area contributed by atoms with E-state index in [1.54, 1.807) is 0 Å². The molecule has 1 nitrogen and oxygen atoms in total. The van der Waals surface area contributed by atoms with E-state index in [0.29, 0.717) is 12.2 Å². The van der Waals surface area contributed by atoms with Crippen molar-refractivity contribution in [3.8, 4) is 0 Å². The van der Waals surface area contributed by atoms with Crippen molar-refractivity contribution in [2.45, 2.75) is 52.9 Å². The molecule has 0 aliphatic rings. The maximum Gasteiger partial charge on any atom is 0.140 e. The smallest absolute Gasteiger partial charge is 0.140 e. The molecule has 1 heteroatoms. The fourth-order valence-corrected chi connectivity index (χ4v) is 2.21. The van der Waals surface area contributed by atoms with E-state index in [2.05, 4.69) is 45.0 Å². The Labute approximate surface area is 105 Å². The van der Waals surface area contributed by atoms with Crippen LogP contribution in [0.15, 0.2) is 24.3 Å². The molecule has 1 rings (SSSR count). The van der Waals surface area contributed by atoms with Gasteiger partial charge in [-0.2, -0.15) is 0 Å². The summed E-state index contributed by atoms with van der Waals surface area (Å²) in [7, 11) is 0. The second-order valence-corrected chi connectivity index (χ2v) is 4.90. The van der Waals surface area contributed by atoms with Gasteiger partial charge in [0.2, 0.25) is 0 Å². The molecule has 0 fully saturated rings. The summed E-state index contributed by atoms with van der Waals surface area (Å²) in [4.78, 5) is 12.2. The Bertz CT molecular complexity index is 331. The number of ketones is 1. The Kier molecular flexibility index (Phi) is 5.96. The van der Waals surface area contributed by atoms with Crippen molar-refractivity contribution in [1.82, 2.24) is 0 Å². The van der Waals surface area contributed by atoms with Crippen LogP contribution in [0.1, 0.15) is 50.7 Å². The molecule has 0 aliphatic carbocycles. The van der Waals surface area contributed by atoms with Gasteiger partial charge in [-0.3, -0.25) is 4.79 Å². The van der Waals surface area contributed by atoms with Crippen molar-refractivity contribution in [1.29, 1.82) is 0 Å². The molecule has 0 aromatic heterocycles. The van der Waals surface area contributed by atoms with Crippen LogP contribution in [0.5, 0.6) is 0 Å². The molecule has 0 unspecified atom stereocenters. The lowest BCUT2D eigenvalue weighted by Crippen LogP contribution is -2.16. The number of aryl methyl sites for hydroxylation is 1. The maximum atomic E-state index is 12.2. The van der Waals surface area contributed by atoms with Crippen LogP contribution >= 0.6 is 0 Å². The van der Waals surface area contributed by atoms with Gasteiger partial charge in [0, 0.05) is 12.3 Å². The summed E-state index contributed by atoms with van der Waals surface area (Å²) in [5.74, 6) is 0.684. The minimum atomic E-state index is 0.270. The summed E-state index contributed by atoms with van der Waals surface area (Å²) in [5.41, 5.74) is 2.40. The second-order valence-electron chi connectivity index (χ2n) is 4.90. The van der Waals surface area contributed by atoms with Crippen LogP contribution in [0, 0.1) is 12.8 Å². The molecular weight excluding hydrogens is 208 g/mol. The highest BCUT2D eigenvalue weighted by molar-refractivity contribution is 5.83. The summed E-state index contributed by atoms with van der Waals surface area (Å²) >= 11 is 0. The third kappa shape index (κ3) is 4.72. The van der Waals surface area contributed by atoms with E-state index in [9.17, 15) is 4.79 Å². The van der Waals surface area contributed by atoms with Crippen LogP contribution in [0.25, 0.3) is 0 Å². The highest BCUT2D eigenvalue weighted by Gasteiger charge is 2.16. The van der Waals surface area contributed by atoms with Crippen molar-refractivity contribution in [3.05, 3.63) is 35.4 Å². The minimum absolute atomic E-state index is 0.270. The number of rotatable bonds is 7. The molecule has 1 aromatic rings. The molecule has 1 aromatic carbocycles. The standard InChI is InChI=1S/C16H24O/c1-4-6-15(7-5-2)16(17)12-14-10-8-13(3)9-11-14/h8-11,15H,4-7,12H2,1-3H3. The quantitative estimate of drug-likeness (QED) is 0.684. The number of hydrogen-bond acceptors (Lipinski definition) is 1. The van der Waals surface area contributed by atoms with Crippen molar-refractivity contribution >= 4 is 5.78 Å². The Morgan fingerprint density at radius 2 is 1.59 bits per heavy atom. The number of Topliss-reactive ketones (excluding diaryl/α,β-unsaturated/α-hetero) is 1. The molecule has 0 saturated carbocycles.